The fourth-order valence-corrected chi connectivity index (χ4v) is 11.6. The van der Waals surface area contributed by atoms with E-state index >= 15 is 0 Å². The molecule has 0 unspecified atom stereocenters. The van der Waals surface area contributed by atoms with E-state index in [4.69, 9.17) is 9.98 Å². The minimum Gasteiger partial charge on any atom is -0.287 e. The zero-order valence-electron chi connectivity index (χ0n) is 29.8. The van der Waals surface area contributed by atoms with Crippen molar-refractivity contribution in [1.82, 2.24) is 0 Å². The van der Waals surface area contributed by atoms with Gasteiger partial charge in [0.15, 0.2) is 10.7 Å². The Morgan fingerprint density at radius 2 is 0.804 bits per heavy atom. The second-order valence-corrected chi connectivity index (χ2v) is 17.5. The summed E-state index contributed by atoms with van der Waals surface area (Å²) in [6.07, 6.45) is 5.58. The first-order valence-corrected chi connectivity index (χ1v) is 20.5. The molecule has 2 aliphatic carbocycles. The molecule has 266 valence electrons. The molecule has 0 radical (unpaired) electrons. The lowest BCUT2D eigenvalue weighted by molar-refractivity contribution is 0.353. The van der Waals surface area contributed by atoms with E-state index in [2.05, 4.69) is 24.3 Å². The van der Waals surface area contributed by atoms with Gasteiger partial charge < -0.3 is 0 Å². The third-order valence-electron chi connectivity index (χ3n) is 12.4. The molecule has 2 aliphatic rings. The molecule has 0 aliphatic heterocycles. The Kier molecular flexibility index (Phi) is 6.53. The Bertz CT molecular complexity index is 3360. The average Bonchev–Trinajstić information content (AvgIpc) is 3.98. The third kappa shape index (κ3) is 4.42. The van der Waals surface area contributed by atoms with Crippen LogP contribution >= 0.6 is 22.7 Å². The van der Waals surface area contributed by atoms with E-state index in [9.17, 15) is 19.2 Å². The summed E-state index contributed by atoms with van der Waals surface area (Å²) in [7, 11) is 0. The van der Waals surface area contributed by atoms with E-state index in [0.717, 1.165) is 67.4 Å². The highest BCUT2D eigenvalue weighted by atomic mass is 32.1. The summed E-state index contributed by atoms with van der Waals surface area (Å²) in [5, 5.41) is 8.69. The molecule has 8 aromatic carbocycles. The fraction of sp³-hybridized carbons (Fsp3) is 0.125. The van der Waals surface area contributed by atoms with Crippen molar-refractivity contribution in [2.24, 2.45) is 9.98 Å². The lowest BCUT2D eigenvalue weighted by atomic mass is 9.67. The lowest BCUT2D eigenvalue weighted by Crippen LogP contribution is -2.31. The maximum Gasteiger partial charge on any atom is 0.216 e. The van der Waals surface area contributed by atoms with Crippen LogP contribution in [0.25, 0.3) is 74.4 Å². The van der Waals surface area contributed by atoms with E-state index < -0.39 is 0 Å². The van der Waals surface area contributed by atoms with Crippen molar-refractivity contribution >= 4 is 95.9 Å². The van der Waals surface area contributed by atoms with Gasteiger partial charge in [-0.3, -0.25) is 19.2 Å². The molecule has 0 saturated heterocycles. The third-order valence-corrected chi connectivity index (χ3v) is 14.4. The van der Waals surface area contributed by atoms with Crippen molar-refractivity contribution in [2.75, 3.05) is 0 Å². The highest BCUT2D eigenvalue weighted by Gasteiger charge is 2.44. The van der Waals surface area contributed by atoms with Gasteiger partial charge in [-0.05, 0) is 128 Å². The number of hydrogen-bond acceptors (Lipinski definition) is 8. The first-order chi connectivity index (χ1) is 27.3. The number of hydrogen-bond donors (Lipinski definition) is 0. The van der Waals surface area contributed by atoms with Gasteiger partial charge in [0.1, 0.15) is 10.0 Å². The minimum absolute atomic E-state index is 0.0266. The van der Waals surface area contributed by atoms with Crippen LogP contribution in [-0.4, -0.2) is 0 Å². The molecule has 1 saturated carbocycles. The average molecular weight is 761 g/mol. The second kappa shape index (κ2) is 11.4. The standard InChI is InChI=1S/C48H28N2O4S2/c51-44-32-14-24-8-2-3-9-25(24)15-33(32)45(52)42(44)49-40-20-28-18-36-30(22-38(28)55-40)31-23-39-29(19-37(31)48(36)12-6-1-7-13-48)21-41(56-39)50-43-46(53)34-16-26-10-4-5-11-27(26)17-35(34)47(43)54/h2-5,8-11,14-23H,1,6-7,12-13H2. The van der Waals surface area contributed by atoms with Crippen LogP contribution in [-0.2, 0) is 5.41 Å². The number of nitrogens with zero attached hydrogens (tertiary/aromatic N) is 2. The van der Waals surface area contributed by atoms with Crippen molar-refractivity contribution in [3.63, 3.8) is 0 Å². The van der Waals surface area contributed by atoms with Crippen LogP contribution in [0.5, 0.6) is 0 Å². The normalized spacial score (nSPS) is 14.9. The van der Waals surface area contributed by atoms with Gasteiger partial charge in [0.25, 0.3) is 0 Å². The van der Waals surface area contributed by atoms with Gasteiger partial charge in [-0.2, -0.15) is 0 Å². The number of rotatable bonds is 2. The summed E-state index contributed by atoms with van der Waals surface area (Å²) in [4.78, 5) is 63.5. The summed E-state index contributed by atoms with van der Waals surface area (Å²) in [6, 6.07) is 35.9. The predicted molar refractivity (Wildman–Crippen MR) is 230 cm³/mol. The molecule has 1 fully saturated rings. The van der Waals surface area contributed by atoms with Crippen molar-refractivity contribution < 1.29 is 0 Å². The topological polar surface area (TPSA) is 93.0 Å². The zero-order chi connectivity index (χ0) is 37.4. The SMILES string of the molecule is O=c1c(=Nc2cc3cc4c(cc3s2)-c2cc3sc(N=c5c(=O)c6cc7ccccc7cc6c5=O)cc3cc2C42CCCCC2)c(=O)c2cc3ccccc3cc12. The molecular weight excluding hydrogens is 733 g/mol. The molecule has 0 N–H and O–H groups in total. The number of fused-ring (bicyclic) bond motifs is 11. The summed E-state index contributed by atoms with van der Waals surface area (Å²) in [5.74, 6) is 0. The summed E-state index contributed by atoms with van der Waals surface area (Å²) < 4.78 is 2.10. The maximum atomic E-state index is 13.5. The zero-order valence-corrected chi connectivity index (χ0v) is 31.4. The van der Waals surface area contributed by atoms with Gasteiger partial charge in [0.2, 0.25) is 21.7 Å². The van der Waals surface area contributed by atoms with Crippen molar-refractivity contribution in [3.8, 4) is 11.1 Å². The lowest BCUT2D eigenvalue weighted by Gasteiger charge is -2.36. The van der Waals surface area contributed by atoms with Crippen LogP contribution in [0.2, 0.25) is 0 Å². The van der Waals surface area contributed by atoms with Crippen LogP contribution in [0.1, 0.15) is 43.2 Å². The Hall–Kier alpha value is -6.22. The number of thiophene rings is 2. The minimum atomic E-state index is -0.324. The van der Waals surface area contributed by atoms with Crippen LogP contribution in [0.15, 0.2) is 138 Å². The Labute approximate surface area is 325 Å². The van der Waals surface area contributed by atoms with E-state index in [1.54, 1.807) is 24.3 Å². The largest absolute Gasteiger partial charge is 0.287 e. The molecule has 0 atom stereocenters. The van der Waals surface area contributed by atoms with Gasteiger partial charge in [-0.1, -0.05) is 67.8 Å². The molecule has 8 heteroatoms. The molecule has 56 heavy (non-hydrogen) atoms. The monoisotopic (exact) mass is 760 g/mol. The van der Waals surface area contributed by atoms with Gasteiger partial charge in [-0.15, -0.1) is 22.7 Å². The van der Waals surface area contributed by atoms with Gasteiger partial charge >= 0.3 is 0 Å². The molecular formula is C48H28N2O4S2. The van der Waals surface area contributed by atoms with Crippen molar-refractivity contribution in [1.29, 1.82) is 0 Å². The molecule has 0 bridgehead atoms. The van der Waals surface area contributed by atoms with Crippen molar-refractivity contribution in [3.05, 3.63) is 172 Å². The number of benzene rings is 6. The summed E-state index contributed by atoms with van der Waals surface area (Å²) in [5.41, 5.74) is 3.64. The second-order valence-electron chi connectivity index (χ2n) is 15.4. The molecule has 12 rings (SSSR count). The highest BCUT2D eigenvalue weighted by molar-refractivity contribution is 7.23. The Morgan fingerprint density at radius 3 is 1.18 bits per heavy atom. The molecule has 10 aromatic rings. The quantitative estimate of drug-likeness (QED) is 0.176. The summed E-state index contributed by atoms with van der Waals surface area (Å²) in [6.45, 7) is 0. The molecule has 2 heterocycles. The van der Waals surface area contributed by atoms with Crippen molar-refractivity contribution in [2.45, 2.75) is 37.5 Å². The van der Waals surface area contributed by atoms with Gasteiger partial charge in [0, 0.05) is 36.4 Å². The van der Waals surface area contributed by atoms with E-state index in [0.29, 0.717) is 31.5 Å². The Balaban J connectivity index is 1.00. The summed E-state index contributed by atoms with van der Waals surface area (Å²) >= 11 is 2.99. The fourth-order valence-electron chi connectivity index (χ4n) is 9.70. The highest BCUT2D eigenvalue weighted by Crippen LogP contribution is 2.58. The first-order valence-electron chi connectivity index (χ1n) is 18.9. The molecule has 0 amide bonds. The molecule has 2 aromatic heterocycles. The molecule has 1 spiro atoms. The van der Waals surface area contributed by atoms with Crippen LogP contribution < -0.4 is 32.4 Å². The van der Waals surface area contributed by atoms with Crippen LogP contribution in [0, 0.1) is 0 Å². The smallest absolute Gasteiger partial charge is 0.216 e. The van der Waals surface area contributed by atoms with E-state index in [1.165, 1.54) is 51.3 Å². The van der Waals surface area contributed by atoms with Crippen LogP contribution in [0.4, 0.5) is 10.0 Å². The van der Waals surface area contributed by atoms with E-state index in [-0.39, 0.29) is 37.8 Å². The maximum absolute atomic E-state index is 13.5. The molecule has 6 nitrogen and oxygen atoms in total. The van der Waals surface area contributed by atoms with E-state index in [1.807, 2.05) is 60.7 Å². The van der Waals surface area contributed by atoms with Gasteiger partial charge in [-0.25, -0.2) is 9.98 Å². The first kappa shape index (κ1) is 32.1. The van der Waals surface area contributed by atoms with Crippen LogP contribution in [0.3, 0.4) is 0 Å². The predicted octanol–water partition coefficient (Wildman–Crippen LogP) is 9.62. The van der Waals surface area contributed by atoms with Gasteiger partial charge in [0.05, 0.1) is 0 Å². The Morgan fingerprint density at radius 1 is 0.429 bits per heavy atom.